The Hall–Kier alpha value is -5.08. The molecule has 0 bridgehead atoms. The lowest BCUT2D eigenvalue weighted by atomic mass is 9.59. The second-order valence-electron chi connectivity index (χ2n) is 10.0. The molecule has 2 heteroatoms. The molecule has 39 heavy (non-hydrogen) atoms. The molecule has 2 nitrogen and oxygen atoms in total. The van der Waals surface area contributed by atoms with Gasteiger partial charge in [0.05, 0.1) is 5.41 Å². The molecule has 6 aromatic carbocycles. The molecule has 0 aliphatic carbocycles. The van der Waals surface area contributed by atoms with Crippen LogP contribution in [0.15, 0.2) is 146 Å². The van der Waals surface area contributed by atoms with E-state index in [9.17, 15) is 0 Å². The molecule has 2 aliphatic rings. The third kappa shape index (κ3) is 3.09. The first-order chi connectivity index (χ1) is 19.4. The Morgan fingerprint density at radius 2 is 0.718 bits per heavy atom. The van der Waals surface area contributed by atoms with Crippen LogP contribution in [0.2, 0.25) is 0 Å². The summed E-state index contributed by atoms with van der Waals surface area (Å²) in [5.41, 5.74) is 8.42. The standard InChI is InChI=1S/C37H24O2/c1-3-13-25(14-4-1)27-17-11-23-33-35(27)37(29-19-7-9-21-31(29)38-33)30-20-8-10-22-32(30)39-34-24-12-18-28(36(34)37)26-15-5-2-6-16-26/h1-24H. The molecule has 184 valence electrons. The minimum Gasteiger partial charge on any atom is -0.457 e. The molecule has 0 radical (unpaired) electrons. The Morgan fingerprint density at radius 1 is 0.333 bits per heavy atom. The van der Waals surface area contributed by atoms with Gasteiger partial charge in [0.1, 0.15) is 23.0 Å². The first kappa shape index (κ1) is 22.0. The van der Waals surface area contributed by atoms with Gasteiger partial charge in [0.2, 0.25) is 0 Å². The van der Waals surface area contributed by atoms with Gasteiger partial charge < -0.3 is 9.47 Å². The van der Waals surface area contributed by atoms with Gasteiger partial charge in [0, 0.05) is 22.3 Å². The fraction of sp³-hybridized carbons (Fsp3) is 0.0270. The van der Waals surface area contributed by atoms with Gasteiger partial charge >= 0.3 is 0 Å². The number of hydrogen-bond donors (Lipinski definition) is 0. The molecule has 0 aromatic heterocycles. The van der Waals surface area contributed by atoms with Gasteiger partial charge in [0.15, 0.2) is 0 Å². The predicted octanol–water partition coefficient (Wildman–Crippen LogP) is 9.61. The molecule has 2 aliphatic heterocycles. The van der Waals surface area contributed by atoms with Gasteiger partial charge in [-0.1, -0.05) is 121 Å². The predicted molar refractivity (Wildman–Crippen MR) is 156 cm³/mol. The third-order valence-corrected chi connectivity index (χ3v) is 7.99. The van der Waals surface area contributed by atoms with E-state index >= 15 is 0 Å². The Morgan fingerprint density at radius 3 is 1.18 bits per heavy atom. The normalized spacial score (nSPS) is 13.7. The minimum atomic E-state index is -0.673. The van der Waals surface area contributed by atoms with Crippen molar-refractivity contribution in [3.05, 3.63) is 168 Å². The summed E-state index contributed by atoms with van der Waals surface area (Å²) in [6, 6.07) is 51.0. The zero-order valence-electron chi connectivity index (χ0n) is 21.2. The average molecular weight is 501 g/mol. The Balaban J connectivity index is 1.61. The van der Waals surface area contributed by atoms with Gasteiger partial charge in [-0.2, -0.15) is 0 Å². The van der Waals surface area contributed by atoms with Crippen LogP contribution in [0.3, 0.4) is 0 Å². The van der Waals surface area contributed by atoms with Gasteiger partial charge in [-0.3, -0.25) is 0 Å². The zero-order valence-corrected chi connectivity index (χ0v) is 21.2. The van der Waals surface area contributed by atoms with Crippen molar-refractivity contribution in [2.45, 2.75) is 5.41 Å². The summed E-state index contributed by atoms with van der Waals surface area (Å²) in [5.74, 6) is 3.45. The third-order valence-electron chi connectivity index (χ3n) is 7.99. The summed E-state index contributed by atoms with van der Waals surface area (Å²) >= 11 is 0. The highest BCUT2D eigenvalue weighted by molar-refractivity contribution is 5.87. The Kier molecular flexibility index (Phi) is 4.77. The molecule has 1 spiro atoms. The smallest absolute Gasteiger partial charge is 0.132 e. The van der Waals surface area contributed by atoms with Crippen molar-refractivity contribution in [2.24, 2.45) is 0 Å². The van der Waals surface area contributed by atoms with Gasteiger partial charge in [-0.15, -0.1) is 0 Å². The van der Waals surface area contributed by atoms with Crippen LogP contribution < -0.4 is 9.47 Å². The topological polar surface area (TPSA) is 18.5 Å². The maximum absolute atomic E-state index is 6.70. The zero-order chi connectivity index (χ0) is 25.8. The Labute approximate surface area is 227 Å². The molecule has 0 atom stereocenters. The first-order valence-corrected chi connectivity index (χ1v) is 13.3. The molecule has 0 saturated heterocycles. The number of benzene rings is 6. The molecule has 0 amide bonds. The molecule has 6 aromatic rings. The van der Waals surface area contributed by atoms with Crippen LogP contribution in [0.1, 0.15) is 22.3 Å². The molecule has 0 fully saturated rings. The van der Waals surface area contributed by atoms with Crippen molar-refractivity contribution in [3.63, 3.8) is 0 Å². The van der Waals surface area contributed by atoms with Crippen LogP contribution in [0.25, 0.3) is 22.3 Å². The second-order valence-corrected chi connectivity index (χ2v) is 10.0. The highest BCUT2D eigenvalue weighted by Crippen LogP contribution is 2.64. The maximum atomic E-state index is 6.70. The van der Waals surface area contributed by atoms with Crippen molar-refractivity contribution in [3.8, 4) is 45.3 Å². The van der Waals surface area contributed by atoms with E-state index in [2.05, 4.69) is 133 Å². The molecule has 2 heterocycles. The molecular formula is C37H24O2. The second kappa shape index (κ2) is 8.47. The number of fused-ring (bicyclic) bond motifs is 8. The summed E-state index contributed by atoms with van der Waals surface area (Å²) in [7, 11) is 0. The van der Waals surface area contributed by atoms with Crippen LogP contribution in [0.4, 0.5) is 0 Å². The highest BCUT2D eigenvalue weighted by atomic mass is 16.5. The molecule has 0 unspecified atom stereocenters. The number of para-hydroxylation sites is 2. The van der Waals surface area contributed by atoms with Gasteiger partial charge in [0.25, 0.3) is 0 Å². The van der Waals surface area contributed by atoms with E-state index < -0.39 is 5.41 Å². The minimum absolute atomic E-state index is 0.673. The monoisotopic (exact) mass is 500 g/mol. The SMILES string of the molecule is c1ccc(-c2cccc3c2C2(c4ccccc4O3)c3ccccc3Oc3cccc(-c4ccccc4)c32)cc1. The summed E-state index contributed by atoms with van der Waals surface area (Å²) in [6.45, 7) is 0. The highest BCUT2D eigenvalue weighted by Gasteiger charge is 2.52. The maximum Gasteiger partial charge on any atom is 0.132 e. The van der Waals surface area contributed by atoms with E-state index in [0.717, 1.165) is 67.5 Å². The van der Waals surface area contributed by atoms with Crippen LogP contribution in [-0.2, 0) is 5.41 Å². The van der Waals surface area contributed by atoms with E-state index in [1.165, 1.54) is 0 Å². The van der Waals surface area contributed by atoms with Crippen molar-refractivity contribution >= 4 is 0 Å². The van der Waals surface area contributed by atoms with E-state index in [1.54, 1.807) is 0 Å². The number of ether oxygens (including phenoxy) is 2. The fourth-order valence-corrected chi connectivity index (χ4v) is 6.50. The van der Waals surface area contributed by atoms with Gasteiger partial charge in [-0.25, -0.2) is 0 Å². The summed E-state index contributed by atoms with van der Waals surface area (Å²) < 4.78 is 13.4. The summed E-state index contributed by atoms with van der Waals surface area (Å²) in [4.78, 5) is 0. The quantitative estimate of drug-likeness (QED) is 0.235. The Bertz CT molecular complexity index is 1720. The van der Waals surface area contributed by atoms with Crippen LogP contribution >= 0.6 is 0 Å². The van der Waals surface area contributed by atoms with Crippen molar-refractivity contribution in [2.75, 3.05) is 0 Å². The molecular weight excluding hydrogens is 476 g/mol. The first-order valence-electron chi connectivity index (χ1n) is 13.3. The largest absolute Gasteiger partial charge is 0.457 e. The van der Waals surface area contributed by atoms with Crippen molar-refractivity contribution in [1.82, 2.24) is 0 Å². The van der Waals surface area contributed by atoms with Crippen LogP contribution in [-0.4, -0.2) is 0 Å². The lowest BCUT2D eigenvalue weighted by Crippen LogP contribution is -2.38. The van der Waals surface area contributed by atoms with E-state index in [-0.39, 0.29) is 0 Å². The summed E-state index contributed by atoms with van der Waals surface area (Å²) in [6.07, 6.45) is 0. The lowest BCUT2D eigenvalue weighted by Gasteiger charge is -2.46. The fourth-order valence-electron chi connectivity index (χ4n) is 6.50. The lowest BCUT2D eigenvalue weighted by molar-refractivity contribution is 0.400. The number of hydrogen-bond acceptors (Lipinski definition) is 2. The van der Waals surface area contributed by atoms with E-state index in [1.807, 2.05) is 12.1 Å². The van der Waals surface area contributed by atoms with Crippen LogP contribution in [0, 0.1) is 0 Å². The van der Waals surface area contributed by atoms with Gasteiger partial charge in [-0.05, 0) is 46.5 Å². The summed E-state index contributed by atoms with van der Waals surface area (Å²) in [5, 5.41) is 0. The van der Waals surface area contributed by atoms with Crippen LogP contribution in [0.5, 0.6) is 23.0 Å². The van der Waals surface area contributed by atoms with E-state index in [4.69, 9.17) is 9.47 Å². The average Bonchev–Trinajstić information content (AvgIpc) is 3.01. The molecule has 0 saturated carbocycles. The molecule has 0 N–H and O–H groups in total. The number of rotatable bonds is 2. The van der Waals surface area contributed by atoms with Crippen molar-refractivity contribution in [1.29, 1.82) is 0 Å². The van der Waals surface area contributed by atoms with E-state index in [0.29, 0.717) is 0 Å². The molecule has 8 rings (SSSR count). The van der Waals surface area contributed by atoms with Crippen molar-refractivity contribution < 1.29 is 9.47 Å².